The Morgan fingerprint density at radius 2 is 2.20 bits per heavy atom. The lowest BCUT2D eigenvalue weighted by Gasteiger charge is -2.24. The molecular formula is C13H14ClF3N2O. The highest BCUT2D eigenvalue weighted by atomic mass is 35.5. The molecule has 1 atom stereocenters. The van der Waals surface area contributed by atoms with Crippen LogP contribution in [0.2, 0.25) is 5.15 Å². The molecule has 0 radical (unpaired) electrons. The van der Waals surface area contributed by atoms with E-state index in [2.05, 4.69) is 4.98 Å². The van der Waals surface area contributed by atoms with Gasteiger partial charge in [0.2, 0.25) is 0 Å². The minimum absolute atomic E-state index is 0.00877. The van der Waals surface area contributed by atoms with Gasteiger partial charge >= 0.3 is 12.1 Å². The van der Waals surface area contributed by atoms with Gasteiger partial charge in [-0.25, -0.2) is 4.98 Å². The Balaban J connectivity index is 2.34. The highest BCUT2D eigenvalue weighted by Gasteiger charge is 2.43. The van der Waals surface area contributed by atoms with Crippen molar-refractivity contribution < 1.29 is 18.0 Å². The van der Waals surface area contributed by atoms with Crippen LogP contribution in [0.3, 0.4) is 0 Å². The molecule has 0 aliphatic carbocycles. The zero-order valence-corrected chi connectivity index (χ0v) is 11.6. The molecule has 0 aromatic carbocycles. The summed E-state index contributed by atoms with van der Waals surface area (Å²) >= 11 is 5.78. The standard InChI is InChI=1S/C13H14ClF3N2O/c1-2-8-5-9-3-4-11(14)18-10(9)7-19(6-8)12(20)13(15,16)17/h3-4,8H,2,5-7H2,1H3/t8-/m0/s1. The van der Waals surface area contributed by atoms with E-state index in [1.807, 2.05) is 6.92 Å². The van der Waals surface area contributed by atoms with Crippen LogP contribution in [0.25, 0.3) is 0 Å². The highest BCUT2D eigenvalue weighted by molar-refractivity contribution is 6.29. The highest BCUT2D eigenvalue weighted by Crippen LogP contribution is 2.27. The minimum Gasteiger partial charge on any atom is -0.329 e. The predicted octanol–water partition coefficient (Wildman–Crippen LogP) is 3.21. The molecule has 2 heterocycles. The Morgan fingerprint density at radius 1 is 1.50 bits per heavy atom. The van der Waals surface area contributed by atoms with Gasteiger partial charge in [0.15, 0.2) is 0 Å². The third-order valence-corrected chi connectivity index (χ3v) is 3.68. The zero-order valence-electron chi connectivity index (χ0n) is 10.9. The molecule has 1 aliphatic rings. The van der Waals surface area contributed by atoms with Gasteiger partial charge in [0.1, 0.15) is 5.15 Å². The van der Waals surface area contributed by atoms with Crippen molar-refractivity contribution in [2.75, 3.05) is 6.54 Å². The maximum absolute atomic E-state index is 12.6. The topological polar surface area (TPSA) is 33.2 Å². The first kappa shape index (κ1) is 15.1. The van der Waals surface area contributed by atoms with Gasteiger partial charge in [0, 0.05) is 6.54 Å². The van der Waals surface area contributed by atoms with E-state index < -0.39 is 12.1 Å². The smallest absolute Gasteiger partial charge is 0.329 e. The van der Waals surface area contributed by atoms with Crippen molar-refractivity contribution >= 4 is 17.5 Å². The summed E-state index contributed by atoms with van der Waals surface area (Å²) in [4.78, 5) is 16.4. The number of rotatable bonds is 1. The van der Waals surface area contributed by atoms with E-state index in [1.54, 1.807) is 12.1 Å². The van der Waals surface area contributed by atoms with Crippen LogP contribution in [0.15, 0.2) is 12.1 Å². The van der Waals surface area contributed by atoms with E-state index >= 15 is 0 Å². The summed E-state index contributed by atoms with van der Waals surface area (Å²) in [5.41, 5.74) is 1.31. The van der Waals surface area contributed by atoms with Gasteiger partial charge in [-0.2, -0.15) is 13.2 Å². The number of amides is 1. The van der Waals surface area contributed by atoms with Crippen molar-refractivity contribution in [3.8, 4) is 0 Å². The van der Waals surface area contributed by atoms with Gasteiger partial charge in [-0.15, -0.1) is 0 Å². The lowest BCUT2D eigenvalue weighted by molar-refractivity contribution is -0.186. The molecule has 0 bridgehead atoms. The second-order valence-corrected chi connectivity index (χ2v) is 5.29. The van der Waals surface area contributed by atoms with Crippen LogP contribution in [0.4, 0.5) is 13.2 Å². The minimum atomic E-state index is -4.86. The van der Waals surface area contributed by atoms with Crippen LogP contribution in [-0.4, -0.2) is 28.5 Å². The van der Waals surface area contributed by atoms with Gasteiger partial charge in [0.05, 0.1) is 12.2 Å². The predicted molar refractivity (Wildman–Crippen MR) is 68.2 cm³/mol. The Morgan fingerprint density at radius 3 is 2.80 bits per heavy atom. The number of hydrogen-bond acceptors (Lipinski definition) is 2. The van der Waals surface area contributed by atoms with Crippen molar-refractivity contribution in [2.24, 2.45) is 5.92 Å². The number of carbonyl (C=O) groups excluding carboxylic acids is 1. The van der Waals surface area contributed by atoms with Crippen LogP contribution in [0.5, 0.6) is 0 Å². The van der Waals surface area contributed by atoms with Crippen molar-refractivity contribution in [2.45, 2.75) is 32.5 Å². The molecule has 0 unspecified atom stereocenters. The van der Waals surface area contributed by atoms with Crippen molar-refractivity contribution in [1.29, 1.82) is 0 Å². The molecule has 0 saturated carbocycles. The molecule has 0 saturated heterocycles. The third kappa shape index (κ3) is 3.23. The summed E-state index contributed by atoms with van der Waals surface area (Å²) in [6.07, 6.45) is -3.55. The number of carbonyl (C=O) groups is 1. The monoisotopic (exact) mass is 306 g/mol. The fraction of sp³-hybridized carbons (Fsp3) is 0.538. The number of alkyl halides is 3. The van der Waals surface area contributed by atoms with Crippen molar-refractivity contribution in [1.82, 2.24) is 9.88 Å². The molecule has 1 aromatic heterocycles. The number of nitrogens with zero attached hydrogens (tertiary/aromatic N) is 2. The second-order valence-electron chi connectivity index (χ2n) is 4.90. The molecule has 3 nitrogen and oxygen atoms in total. The van der Waals surface area contributed by atoms with Gasteiger partial charge < -0.3 is 4.90 Å². The Kier molecular flexibility index (Phi) is 4.22. The van der Waals surface area contributed by atoms with Gasteiger partial charge in [-0.3, -0.25) is 4.79 Å². The Labute approximate surface area is 119 Å². The van der Waals surface area contributed by atoms with Crippen LogP contribution in [-0.2, 0) is 17.8 Å². The summed E-state index contributed by atoms with van der Waals surface area (Å²) in [6.45, 7) is 1.84. The van der Waals surface area contributed by atoms with E-state index in [9.17, 15) is 18.0 Å². The summed E-state index contributed by atoms with van der Waals surface area (Å²) in [5.74, 6) is -1.82. The van der Waals surface area contributed by atoms with E-state index in [4.69, 9.17) is 11.6 Å². The molecular weight excluding hydrogens is 293 g/mol. The van der Waals surface area contributed by atoms with E-state index in [-0.39, 0.29) is 24.2 Å². The average molecular weight is 307 g/mol. The van der Waals surface area contributed by atoms with Crippen LogP contribution in [0.1, 0.15) is 24.6 Å². The summed E-state index contributed by atoms with van der Waals surface area (Å²) in [7, 11) is 0. The number of hydrogen-bond donors (Lipinski definition) is 0. The van der Waals surface area contributed by atoms with E-state index in [0.29, 0.717) is 18.5 Å². The van der Waals surface area contributed by atoms with Crippen molar-refractivity contribution in [3.05, 3.63) is 28.5 Å². The molecule has 1 aliphatic heterocycles. The number of halogens is 4. The quantitative estimate of drug-likeness (QED) is 0.747. The van der Waals surface area contributed by atoms with E-state index in [0.717, 1.165) is 10.5 Å². The summed E-state index contributed by atoms with van der Waals surface area (Å²) in [6, 6.07) is 3.39. The third-order valence-electron chi connectivity index (χ3n) is 3.47. The fourth-order valence-corrected chi connectivity index (χ4v) is 2.53. The Hall–Kier alpha value is -1.30. The van der Waals surface area contributed by atoms with Gasteiger partial charge in [-0.1, -0.05) is 31.0 Å². The van der Waals surface area contributed by atoms with Crippen molar-refractivity contribution in [3.63, 3.8) is 0 Å². The lowest BCUT2D eigenvalue weighted by atomic mass is 9.97. The van der Waals surface area contributed by atoms with Crippen LogP contribution < -0.4 is 0 Å². The van der Waals surface area contributed by atoms with E-state index in [1.165, 1.54) is 0 Å². The SMILES string of the molecule is CC[C@H]1Cc2ccc(Cl)nc2CN(C(=O)C(F)(F)F)C1. The molecule has 2 rings (SSSR count). The molecule has 1 amide bonds. The molecule has 1 aromatic rings. The second kappa shape index (κ2) is 5.60. The zero-order chi connectivity index (χ0) is 14.9. The lowest BCUT2D eigenvalue weighted by Crippen LogP contribution is -2.42. The first-order valence-corrected chi connectivity index (χ1v) is 6.69. The largest absolute Gasteiger partial charge is 0.471 e. The maximum atomic E-state index is 12.6. The average Bonchev–Trinajstić information content (AvgIpc) is 2.55. The maximum Gasteiger partial charge on any atom is 0.471 e. The van der Waals surface area contributed by atoms with Gasteiger partial charge in [0.25, 0.3) is 0 Å². The summed E-state index contributed by atoms with van der Waals surface area (Å²) in [5, 5.41) is 0.220. The number of pyridine rings is 1. The Bertz CT molecular complexity index is 519. The molecule has 7 heteroatoms. The number of fused-ring (bicyclic) bond motifs is 1. The molecule has 20 heavy (non-hydrogen) atoms. The van der Waals surface area contributed by atoms with Crippen LogP contribution >= 0.6 is 11.6 Å². The normalized spacial score (nSPS) is 19.4. The number of aromatic nitrogens is 1. The van der Waals surface area contributed by atoms with Gasteiger partial charge in [-0.05, 0) is 24.0 Å². The fourth-order valence-electron chi connectivity index (χ4n) is 2.37. The van der Waals surface area contributed by atoms with Crippen LogP contribution in [0, 0.1) is 5.92 Å². The first-order valence-electron chi connectivity index (χ1n) is 6.31. The molecule has 0 spiro atoms. The molecule has 0 N–H and O–H groups in total. The summed E-state index contributed by atoms with van der Waals surface area (Å²) < 4.78 is 37.8. The molecule has 110 valence electrons. The first-order chi connectivity index (χ1) is 9.31. The molecule has 0 fully saturated rings.